The molecule has 0 spiro atoms. The van der Waals surface area contributed by atoms with E-state index >= 15 is 0 Å². The van der Waals surface area contributed by atoms with Crippen molar-refractivity contribution in [2.75, 3.05) is 18.4 Å². The zero-order valence-corrected chi connectivity index (χ0v) is 25.6. The molecule has 4 heterocycles. The molecule has 9 heteroatoms. The molecule has 3 aromatic heterocycles. The quantitative estimate of drug-likeness (QED) is 0.322. The van der Waals surface area contributed by atoms with Crippen LogP contribution in [0.4, 0.5) is 5.95 Å². The van der Waals surface area contributed by atoms with Gasteiger partial charge in [0.15, 0.2) is 0 Å². The summed E-state index contributed by atoms with van der Waals surface area (Å²) in [4.78, 5) is 29.4. The van der Waals surface area contributed by atoms with Crippen LogP contribution in [0.25, 0.3) is 11.0 Å². The van der Waals surface area contributed by atoms with Crippen molar-refractivity contribution in [2.24, 2.45) is 11.7 Å². The van der Waals surface area contributed by atoms with Crippen molar-refractivity contribution in [3.63, 3.8) is 0 Å². The maximum Gasteiger partial charge on any atom is 0.253 e. The number of amides is 1. The highest BCUT2D eigenvalue weighted by Gasteiger charge is 2.28. The number of nitrogens with one attached hydrogen (secondary N) is 1. The Morgan fingerprint density at radius 2 is 1.73 bits per heavy atom. The van der Waals surface area contributed by atoms with Gasteiger partial charge in [0.1, 0.15) is 5.65 Å². The van der Waals surface area contributed by atoms with Crippen LogP contribution in [0, 0.1) is 19.8 Å². The number of rotatable bonds is 8. The summed E-state index contributed by atoms with van der Waals surface area (Å²) in [5.41, 5.74) is 11.1. The van der Waals surface area contributed by atoms with Crippen molar-refractivity contribution in [3.05, 3.63) is 47.0 Å². The molecule has 0 aromatic carbocycles. The van der Waals surface area contributed by atoms with Crippen molar-refractivity contribution in [1.29, 1.82) is 0 Å². The van der Waals surface area contributed by atoms with E-state index in [1.165, 1.54) is 18.4 Å². The summed E-state index contributed by atoms with van der Waals surface area (Å²) in [6.07, 6.45) is 13.0. The van der Waals surface area contributed by atoms with Gasteiger partial charge >= 0.3 is 0 Å². The van der Waals surface area contributed by atoms with E-state index in [4.69, 9.17) is 15.7 Å². The van der Waals surface area contributed by atoms with Gasteiger partial charge in [0, 0.05) is 66.4 Å². The molecule has 1 aliphatic carbocycles. The predicted molar refractivity (Wildman–Crippen MR) is 174 cm³/mol. The van der Waals surface area contributed by atoms with E-state index in [1.54, 1.807) is 0 Å². The highest BCUT2D eigenvalue weighted by Crippen LogP contribution is 2.36. The SMILES string of the molecule is C.CCC[C@H](C)Nc1ncc2c(C3CCN(C(=O)c4cc(C)nc(C)c4)CC3)cn(CC3CCC(N)CC3)c2n1.S. The third kappa shape index (κ3) is 7.80. The van der Waals surface area contributed by atoms with Gasteiger partial charge in [-0.05, 0) is 95.2 Å². The molecule has 41 heavy (non-hydrogen) atoms. The molecule has 5 rings (SSSR count). The fourth-order valence-electron chi connectivity index (χ4n) is 6.54. The molecule has 1 saturated heterocycles. The minimum absolute atomic E-state index is 0. The van der Waals surface area contributed by atoms with Gasteiger partial charge in [0.25, 0.3) is 5.91 Å². The second-order valence-corrected chi connectivity index (χ2v) is 12.0. The Bertz CT molecular complexity index is 1270. The zero-order valence-electron chi connectivity index (χ0n) is 24.6. The molecule has 2 aliphatic rings. The smallest absolute Gasteiger partial charge is 0.253 e. The van der Waals surface area contributed by atoms with Gasteiger partial charge in [-0.1, -0.05) is 20.8 Å². The number of anilines is 1. The third-order valence-corrected chi connectivity index (χ3v) is 8.64. The summed E-state index contributed by atoms with van der Waals surface area (Å²) in [5.74, 6) is 1.84. The van der Waals surface area contributed by atoms with Gasteiger partial charge < -0.3 is 20.5 Å². The van der Waals surface area contributed by atoms with Crippen LogP contribution in [0.5, 0.6) is 0 Å². The molecular weight excluding hydrogens is 530 g/mol. The fourth-order valence-corrected chi connectivity index (χ4v) is 6.54. The normalized spacial score (nSPS) is 20.3. The summed E-state index contributed by atoms with van der Waals surface area (Å²) >= 11 is 0. The number of carbonyl (C=O) groups excluding carboxylic acids is 1. The first kappa shape index (κ1) is 32.9. The van der Waals surface area contributed by atoms with Crippen LogP contribution in [0.2, 0.25) is 0 Å². The first-order chi connectivity index (χ1) is 18.8. The van der Waals surface area contributed by atoms with Gasteiger partial charge in [-0.25, -0.2) is 4.98 Å². The average Bonchev–Trinajstić information content (AvgIpc) is 3.26. The molecule has 3 N–H and O–H groups in total. The number of aryl methyl sites for hydroxylation is 2. The van der Waals surface area contributed by atoms with Crippen molar-refractivity contribution < 1.29 is 4.79 Å². The number of nitrogens with zero attached hydrogens (tertiary/aromatic N) is 5. The molecule has 3 aromatic rings. The molecule has 226 valence electrons. The Labute approximate surface area is 253 Å². The molecule has 0 bridgehead atoms. The topological polar surface area (TPSA) is 102 Å². The first-order valence-electron chi connectivity index (χ1n) is 14.9. The molecular formula is C32H51N7OS. The molecule has 0 unspecified atom stereocenters. The molecule has 1 atom stereocenters. The monoisotopic (exact) mass is 581 g/mol. The highest BCUT2D eigenvalue weighted by atomic mass is 32.1. The maximum atomic E-state index is 13.2. The largest absolute Gasteiger partial charge is 0.352 e. The number of fused-ring (bicyclic) bond motifs is 1. The first-order valence-corrected chi connectivity index (χ1v) is 14.9. The van der Waals surface area contributed by atoms with E-state index in [2.05, 4.69) is 34.9 Å². The van der Waals surface area contributed by atoms with E-state index in [9.17, 15) is 4.79 Å². The summed E-state index contributed by atoms with van der Waals surface area (Å²) in [6, 6.07) is 4.49. The molecule has 2 fully saturated rings. The Balaban J connectivity index is 0.00000231. The van der Waals surface area contributed by atoms with Crippen molar-refractivity contribution in [3.8, 4) is 0 Å². The number of nitrogens with two attached hydrogens (primary N) is 1. The number of carbonyl (C=O) groups is 1. The highest BCUT2D eigenvalue weighted by molar-refractivity contribution is 7.59. The molecule has 8 nitrogen and oxygen atoms in total. The van der Waals surface area contributed by atoms with E-state index in [0.29, 0.717) is 29.9 Å². The lowest BCUT2D eigenvalue weighted by Gasteiger charge is -2.32. The number of aromatic nitrogens is 4. The van der Waals surface area contributed by atoms with Gasteiger partial charge in [-0.2, -0.15) is 18.5 Å². The second-order valence-electron chi connectivity index (χ2n) is 12.0. The number of pyridine rings is 1. The Morgan fingerprint density at radius 1 is 1.07 bits per heavy atom. The number of piperidine rings is 1. The second kappa shape index (κ2) is 14.5. The predicted octanol–water partition coefficient (Wildman–Crippen LogP) is 6.33. The molecule has 1 aliphatic heterocycles. The lowest BCUT2D eigenvalue weighted by molar-refractivity contribution is 0.0713. The minimum Gasteiger partial charge on any atom is -0.352 e. The van der Waals surface area contributed by atoms with Crippen LogP contribution in [-0.2, 0) is 6.54 Å². The average molecular weight is 582 g/mol. The van der Waals surface area contributed by atoms with Crippen LogP contribution in [0.15, 0.2) is 24.5 Å². The lowest BCUT2D eigenvalue weighted by Crippen LogP contribution is -2.38. The fraction of sp³-hybridized carbons (Fsp3) is 0.625. The number of likely N-dealkylation sites (tertiary alicyclic amines) is 1. The van der Waals surface area contributed by atoms with Crippen LogP contribution in [0.1, 0.15) is 106 Å². The minimum atomic E-state index is 0. The van der Waals surface area contributed by atoms with Gasteiger partial charge in [0.05, 0.1) is 0 Å². The summed E-state index contributed by atoms with van der Waals surface area (Å²) < 4.78 is 2.38. The third-order valence-electron chi connectivity index (χ3n) is 8.64. The summed E-state index contributed by atoms with van der Waals surface area (Å²) in [6.45, 7) is 10.8. The van der Waals surface area contributed by atoms with Gasteiger partial charge in [-0.3, -0.25) is 9.78 Å². The Hall–Kier alpha value is -2.65. The Morgan fingerprint density at radius 3 is 2.37 bits per heavy atom. The van der Waals surface area contributed by atoms with E-state index < -0.39 is 0 Å². The molecule has 1 amide bonds. The van der Waals surface area contributed by atoms with Crippen LogP contribution < -0.4 is 11.1 Å². The van der Waals surface area contributed by atoms with E-state index in [1.807, 2.05) is 37.1 Å². The van der Waals surface area contributed by atoms with Crippen LogP contribution >= 0.6 is 13.5 Å². The van der Waals surface area contributed by atoms with Gasteiger partial charge in [-0.15, -0.1) is 0 Å². The molecule has 0 radical (unpaired) electrons. The van der Waals surface area contributed by atoms with E-state index in [0.717, 1.165) is 86.1 Å². The zero-order chi connectivity index (χ0) is 27.5. The lowest BCUT2D eigenvalue weighted by atomic mass is 9.86. The summed E-state index contributed by atoms with van der Waals surface area (Å²) in [7, 11) is 0. The van der Waals surface area contributed by atoms with Crippen molar-refractivity contribution >= 4 is 36.4 Å². The van der Waals surface area contributed by atoms with E-state index in [-0.39, 0.29) is 26.8 Å². The number of hydrogen-bond donors (Lipinski definition) is 2. The van der Waals surface area contributed by atoms with Crippen LogP contribution in [-0.4, -0.2) is 55.5 Å². The molecule has 1 saturated carbocycles. The van der Waals surface area contributed by atoms with Gasteiger partial charge in [0.2, 0.25) is 5.95 Å². The van der Waals surface area contributed by atoms with Crippen molar-refractivity contribution in [2.45, 2.75) is 111 Å². The Kier molecular flexibility index (Phi) is 11.6. The standard InChI is InChI=1S/C31H45N7O.CH4.H2S/c1-5-6-20(2)35-31-33-17-27-28(19-38(29(27)36-31)18-23-7-9-26(32)10-8-23)24-11-13-37(14-12-24)30(39)25-15-21(3)34-22(4)16-25;;/h15-17,19-20,23-24,26H,5-14,18,32H2,1-4H3,(H,33,35,36);1H4;1H2/t20-,23?,26?;;/m0../s1. The van der Waals surface area contributed by atoms with Crippen molar-refractivity contribution in [1.82, 2.24) is 24.4 Å². The maximum absolute atomic E-state index is 13.2. The number of hydrogen-bond acceptors (Lipinski definition) is 6. The van der Waals surface area contributed by atoms with Crippen LogP contribution in [0.3, 0.4) is 0 Å². The summed E-state index contributed by atoms with van der Waals surface area (Å²) in [5, 5.41) is 4.66.